The maximum absolute atomic E-state index is 13.1. The summed E-state index contributed by atoms with van der Waals surface area (Å²) in [5.41, 5.74) is 3.94. The van der Waals surface area contributed by atoms with Gasteiger partial charge in [0.1, 0.15) is 0 Å². The molecule has 138 valence electrons. The number of aryl methyl sites for hydroxylation is 2. The highest BCUT2D eigenvalue weighted by Gasteiger charge is 2.37. The molecule has 2 aromatic rings. The number of piperidine rings is 1. The number of aromatic amines is 1. The Morgan fingerprint density at radius 2 is 2.12 bits per heavy atom. The lowest BCUT2D eigenvalue weighted by atomic mass is 9.94. The van der Waals surface area contributed by atoms with Crippen LogP contribution in [0.15, 0.2) is 24.5 Å². The van der Waals surface area contributed by atoms with Crippen molar-refractivity contribution in [1.82, 2.24) is 19.8 Å². The third-order valence-electron chi connectivity index (χ3n) is 5.76. The number of rotatable bonds is 3. The van der Waals surface area contributed by atoms with Crippen molar-refractivity contribution >= 4 is 17.5 Å². The van der Waals surface area contributed by atoms with Crippen LogP contribution in [0.5, 0.6) is 0 Å². The maximum Gasteiger partial charge on any atom is 0.254 e. The van der Waals surface area contributed by atoms with Gasteiger partial charge in [-0.3, -0.25) is 9.69 Å². The Morgan fingerprint density at radius 1 is 1.27 bits per heavy atom. The topological polar surface area (TPSA) is 52.2 Å². The lowest BCUT2D eigenvalue weighted by Gasteiger charge is -2.36. The summed E-state index contributed by atoms with van der Waals surface area (Å²) in [6.07, 6.45) is 4.04. The zero-order valence-electron chi connectivity index (χ0n) is 15.3. The molecule has 2 bridgehead atoms. The highest BCUT2D eigenvalue weighted by atomic mass is 35.5. The monoisotopic (exact) mass is 372 g/mol. The first-order valence-corrected chi connectivity index (χ1v) is 9.67. The van der Waals surface area contributed by atoms with E-state index in [0.717, 1.165) is 55.1 Å². The molecular weight excluding hydrogens is 348 g/mol. The van der Waals surface area contributed by atoms with Gasteiger partial charge in [-0.05, 0) is 56.4 Å². The first kappa shape index (κ1) is 17.6. The number of hydrogen-bond donors (Lipinski definition) is 1. The Kier molecular flexibility index (Phi) is 4.76. The third kappa shape index (κ3) is 3.38. The zero-order chi connectivity index (χ0) is 18.3. The normalized spacial score (nSPS) is 23.3. The maximum atomic E-state index is 13.1. The van der Waals surface area contributed by atoms with E-state index in [4.69, 9.17) is 11.6 Å². The summed E-state index contributed by atoms with van der Waals surface area (Å²) in [4.78, 5) is 25.3. The number of nitrogens with one attached hydrogen (secondary N) is 1. The summed E-state index contributed by atoms with van der Waals surface area (Å²) in [5.74, 6) is 0.669. The predicted molar refractivity (Wildman–Crippen MR) is 102 cm³/mol. The summed E-state index contributed by atoms with van der Waals surface area (Å²) in [6, 6.07) is 5.86. The largest absolute Gasteiger partial charge is 0.348 e. The van der Waals surface area contributed by atoms with E-state index >= 15 is 0 Å². The molecule has 0 saturated carbocycles. The van der Waals surface area contributed by atoms with Crippen LogP contribution in [0, 0.1) is 19.8 Å². The molecule has 2 unspecified atom stereocenters. The van der Waals surface area contributed by atoms with Crippen molar-refractivity contribution in [3.63, 3.8) is 0 Å². The van der Waals surface area contributed by atoms with E-state index in [-0.39, 0.29) is 11.9 Å². The highest BCUT2D eigenvalue weighted by Crippen LogP contribution is 2.30. The SMILES string of the molecule is Cc1cc(C(=O)N2CC3CCC2CN(Cc2nc[nH]c2C)C3)ccc1Cl. The second kappa shape index (κ2) is 7.05. The number of amides is 1. The number of hydrogen-bond acceptors (Lipinski definition) is 3. The number of imidazole rings is 1. The molecule has 1 N–H and O–H groups in total. The minimum absolute atomic E-state index is 0.136. The Morgan fingerprint density at radius 3 is 2.85 bits per heavy atom. The van der Waals surface area contributed by atoms with Gasteiger partial charge in [0, 0.05) is 48.5 Å². The molecule has 6 heteroatoms. The number of fused-ring (bicyclic) bond motifs is 4. The Bertz CT molecular complexity index is 818. The zero-order valence-corrected chi connectivity index (χ0v) is 16.1. The van der Waals surface area contributed by atoms with Crippen LogP contribution in [0.3, 0.4) is 0 Å². The van der Waals surface area contributed by atoms with Crippen molar-refractivity contribution in [1.29, 1.82) is 0 Å². The third-order valence-corrected chi connectivity index (χ3v) is 6.19. The van der Waals surface area contributed by atoms with Crippen molar-refractivity contribution < 1.29 is 4.79 Å². The average molecular weight is 373 g/mol. The molecule has 2 atom stereocenters. The Balaban J connectivity index is 1.52. The van der Waals surface area contributed by atoms with E-state index in [1.165, 1.54) is 6.42 Å². The first-order chi connectivity index (χ1) is 12.5. The molecule has 1 amide bonds. The molecule has 1 aromatic carbocycles. The lowest BCUT2D eigenvalue weighted by molar-refractivity contribution is 0.0584. The van der Waals surface area contributed by atoms with Crippen molar-refractivity contribution in [2.75, 3.05) is 19.6 Å². The van der Waals surface area contributed by atoms with Crippen molar-refractivity contribution in [2.24, 2.45) is 5.92 Å². The second-order valence-corrected chi connectivity index (χ2v) is 8.09. The fourth-order valence-corrected chi connectivity index (χ4v) is 4.38. The van der Waals surface area contributed by atoms with Gasteiger partial charge in [0.05, 0.1) is 12.0 Å². The second-order valence-electron chi connectivity index (χ2n) is 7.69. The van der Waals surface area contributed by atoms with Crippen LogP contribution in [-0.4, -0.2) is 51.4 Å². The summed E-state index contributed by atoms with van der Waals surface area (Å²) < 4.78 is 0. The van der Waals surface area contributed by atoms with Gasteiger partial charge in [0.2, 0.25) is 0 Å². The molecule has 3 aliphatic heterocycles. The van der Waals surface area contributed by atoms with Gasteiger partial charge >= 0.3 is 0 Å². The van der Waals surface area contributed by atoms with Crippen LogP contribution < -0.4 is 0 Å². The summed E-state index contributed by atoms with van der Waals surface area (Å²) in [7, 11) is 0. The van der Waals surface area contributed by atoms with Gasteiger partial charge in [-0.2, -0.15) is 0 Å². The van der Waals surface area contributed by atoms with Gasteiger partial charge in [0.15, 0.2) is 0 Å². The minimum Gasteiger partial charge on any atom is -0.348 e. The highest BCUT2D eigenvalue weighted by molar-refractivity contribution is 6.31. The number of H-pyrrole nitrogens is 1. The molecule has 3 aliphatic rings. The molecule has 4 heterocycles. The average Bonchev–Trinajstić information content (AvgIpc) is 2.83. The molecule has 1 aromatic heterocycles. The number of nitrogens with zero attached hydrogens (tertiary/aromatic N) is 3. The smallest absolute Gasteiger partial charge is 0.254 e. The quantitative estimate of drug-likeness (QED) is 0.898. The van der Waals surface area contributed by atoms with E-state index in [9.17, 15) is 4.79 Å². The van der Waals surface area contributed by atoms with E-state index in [2.05, 4.69) is 26.7 Å². The van der Waals surface area contributed by atoms with Crippen LogP contribution >= 0.6 is 11.6 Å². The van der Waals surface area contributed by atoms with E-state index < -0.39 is 0 Å². The molecule has 0 aliphatic carbocycles. The predicted octanol–water partition coefficient (Wildman–Crippen LogP) is 3.42. The van der Waals surface area contributed by atoms with E-state index in [0.29, 0.717) is 10.9 Å². The van der Waals surface area contributed by atoms with E-state index in [1.54, 1.807) is 6.33 Å². The lowest BCUT2D eigenvalue weighted by Crippen LogP contribution is -2.47. The van der Waals surface area contributed by atoms with Crippen molar-refractivity contribution in [3.8, 4) is 0 Å². The number of halogens is 1. The van der Waals surface area contributed by atoms with Gasteiger partial charge in [-0.15, -0.1) is 0 Å². The standard InChI is InChI=1S/C20H25ClN4O/c1-13-7-16(4-6-18(13)21)20(26)25-9-15-3-5-17(25)10-24(8-15)11-19-14(2)22-12-23-19/h4,6-7,12,15,17H,3,5,8-11H2,1-2H3,(H,22,23). The van der Waals surface area contributed by atoms with E-state index in [1.807, 2.05) is 25.1 Å². The molecule has 5 rings (SSSR count). The molecule has 26 heavy (non-hydrogen) atoms. The molecular formula is C20H25ClN4O. The van der Waals surface area contributed by atoms with Crippen LogP contribution in [0.1, 0.15) is 40.2 Å². The number of carbonyl (C=O) groups is 1. The van der Waals surface area contributed by atoms with Crippen LogP contribution in [0.4, 0.5) is 0 Å². The molecule has 0 spiro atoms. The summed E-state index contributed by atoms with van der Waals surface area (Å²) in [6.45, 7) is 7.66. The van der Waals surface area contributed by atoms with Gasteiger partial charge in [-0.25, -0.2) is 4.98 Å². The number of benzene rings is 1. The molecule has 3 saturated heterocycles. The van der Waals surface area contributed by atoms with Crippen LogP contribution in [0.25, 0.3) is 0 Å². The summed E-state index contributed by atoms with van der Waals surface area (Å²) >= 11 is 6.12. The Labute approximate surface area is 159 Å². The number of carbonyl (C=O) groups excluding carboxylic acids is 1. The molecule has 0 radical (unpaired) electrons. The fraction of sp³-hybridized carbons (Fsp3) is 0.500. The van der Waals surface area contributed by atoms with Crippen LogP contribution in [-0.2, 0) is 6.54 Å². The molecule has 5 nitrogen and oxygen atoms in total. The Hall–Kier alpha value is -1.85. The van der Waals surface area contributed by atoms with Crippen molar-refractivity contribution in [2.45, 2.75) is 39.3 Å². The van der Waals surface area contributed by atoms with Gasteiger partial charge < -0.3 is 9.88 Å². The number of aromatic nitrogens is 2. The van der Waals surface area contributed by atoms with Crippen molar-refractivity contribution in [3.05, 3.63) is 52.1 Å². The van der Waals surface area contributed by atoms with Gasteiger partial charge in [0.25, 0.3) is 5.91 Å². The first-order valence-electron chi connectivity index (χ1n) is 9.29. The minimum atomic E-state index is 0.136. The van der Waals surface area contributed by atoms with Crippen LogP contribution in [0.2, 0.25) is 5.02 Å². The fourth-order valence-electron chi connectivity index (χ4n) is 4.26. The summed E-state index contributed by atoms with van der Waals surface area (Å²) in [5, 5.41) is 0.708. The molecule has 3 fully saturated rings. The van der Waals surface area contributed by atoms with Gasteiger partial charge in [-0.1, -0.05) is 11.6 Å².